The van der Waals surface area contributed by atoms with Crippen molar-refractivity contribution in [1.29, 1.82) is 0 Å². The van der Waals surface area contributed by atoms with E-state index in [1.807, 2.05) is 32.0 Å². The molecule has 5 rings (SSSR count). The molecule has 0 radical (unpaired) electrons. The molecule has 1 atom stereocenters. The highest BCUT2D eigenvalue weighted by Crippen LogP contribution is 2.34. The zero-order chi connectivity index (χ0) is 41.1. The molecule has 0 spiro atoms. The summed E-state index contributed by atoms with van der Waals surface area (Å²) >= 11 is 14.2. The average molecular weight is 1010 g/mol. The quantitative estimate of drug-likeness (QED) is 0.0712. The third-order valence-electron chi connectivity index (χ3n) is 8.68. The third-order valence-corrected chi connectivity index (χ3v) is 12.0. The number of halogens is 4. The number of fused-ring (bicyclic) bond motifs is 1. The topological polar surface area (TPSA) is 202 Å². The van der Waals surface area contributed by atoms with Crippen LogP contribution >= 0.6 is 63.7 Å². The Morgan fingerprint density at radius 3 is 1.75 bits per heavy atom. The van der Waals surface area contributed by atoms with Gasteiger partial charge in [0.2, 0.25) is 5.91 Å². The summed E-state index contributed by atoms with van der Waals surface area (Å²) in [6.07, 6.45) is 2.64. The van der Waals surface area contributed by atoms with Crippen LogP contribution in [0.15, 0.2) is 72.5 Å². The van der Waals surface area contributed by atoms with Crippen LogP contribution in [-0.2, 0) is 40.1 Å². The van der Waals surface area contributed by atoms with Gasteiger partial charge in [-0.05, 0) is 129 Å². The number of nitrogens with one attached hydrogen (secondary N) is 2. The van der Waals surface area contributed by atoms with Crippen molar-refractivity contribution in [3.8, 4) is 0 Å². The summed E-state index contributed by atoms with van der Waals surface area (Å²) in [5.41, 5.74) is 9.28. The monoisotopic (exact) mass is 1010 g/mol. The van der Waals surface area contributed by atoms with Crippen LogP contribution in [0, 0.1) is 47.9 Å². The number of nitro benzene ring substituents is 2. The van der Waals surface area contributed by atoms with Crippen molar-refractivity contribution >= 4 is 92.9 Å². The number of nitro groups is 2. The van der Waals surface area contributed by atoms with Crippen LogP contribution in [0.3, 0.4) is 0 Å². The highest BCUT2D eigenvalue weighted by atomic mass is 79.9. The minimum Gasteiger partial charge on any atom is -0.473 e. The number of nitrogens with zero attached hydrogens (tertiary/aromatic N) is 2. The normalized spacial score (nSPS) is 12.9. The van der Waals surface area contributed by atoms with Gasteiger partial charge < -0.3 is 20.8 Å². The van der Waals surface area contributed by atoms with E-state index in [-0.39, 0.29) is 28.2 Å². The number of hydrogen-bond donors (Lipinski definition) is 4. The van der Waals surface area contributed by atoms with Gasteiger partial charge in [0.15, 0.2) is 0 Å². The van der Waals surface area contributed by atoms with E-state index in [0.717, 1.165) is 65.1 Å². The van der Waals surface area contributed by atoms with Gasteiger partial charge in [-0.2, -0.15) is 0 Å². The molecule has 1 amide bonds. The Balaban J connectivity index is 0.000000258. The molecule has 4 N–H and O–H groups in total. The lowest BCUT2D eigenvalue weighted by atomic mass is 9.88. The lowest BCUT2D eigenvalue weighted by Crippen LogP contribution is -2.31. The predicted molar refractivity (Wildman–Crippen MR) is 223 cm³/mol. The van der Waals surface area contributed by atoms with Gasteiger partial charge in [-0.3, -0.25) is 25.0 Å². The maximum Gasteiger partial charge on any atom is 0.414 e. The highest BCUT2D eigenvalue weighted by Gasteiger charge is 2.25. The SMILES string of the molecule is Cc1cc(CCNC(=O)Cc2cc(Br)c(C)c(Br)c2)ccc1[N+](=O)[O-].Cc1cc2c(cc1[N+](=O)[O-])C(Cc1cc(Br)c(C)c(Br)c1)NCC2.O=C(O)C(=O)O. The standard InChI is InChI=1S/C18H18Br2N2O3.C18H18Br2N2O2.C2H2O4/c1-11-7-13(3-4-17(11)22(24)25)5-6-21-18(23)10-14-8-15(19)12(2)16(20)9-14;1-10-5-13-3-4-21-17(14(13)9-18(10)22(23)24)8-12-6-15(19)11(2)16(20)7-12;3-1(4)2(5)6/h3-4,7-9H,5-6,10H2,1-2H3,(H,21,23);5-7,9,17,21H,3-4,8H2,1-2H3;(H,3,4)(H,5,6). The number of benzene rings is 4. The van der Waals surface area contributed by atoms with Crippen LogP contribution in [-0.4, -0.2) is 51.0 Å². The Morgan fingerprint density at radius 1 is 0.745 bits per heavy atom. The average Bonchev–Trinajstić information content (AvgIpc) is 3.09. The van der Waals surface area contributed by atoms with E-state index in [2.05, 4.69) is 93.4 Å². The van der Waals surface area contributed by atoms with Gasteiger partial charge in [-0.15, -0.1) is 0 Å². The molecule has 292 valence electrons. The highest BCUT2D eigenvalue weighted by molar-refractivity contribution is 9.11. The first kappa shape index (κ1) is 45.4. The fourth-order valence-electron chi connectivity index (χ4n) is 5.71. The number of aliphatic carboxylic acids is 2. The summed E-state index contributed by atoms with van der Waals surface area (Å²) in [4.78, 5) is 51.7. The molecule has 0 aliphatic carbocycles. The zero-order valence-corrected chi connectivity index (χ0v) is 36.5. The van der Waals surface area contributed by atoms with Crippen LogP contribution in [0.2, 0.25) is 0 Å². The van der Waals surface area contributed by atoms with Crippen molar-refractivity contribution in [2.45, 2.75) is 59.4 Å². The van der Waals surface area contributed by atoms with Gasteiger partial charge in [0, 0.05) is 53.7 Å². The summed E-state index contributed by atoms with van der Waals surface area (Å²) in [5.74, 6) is -3.70. The Kier molecular flexibility index (Phi) is 17.1. The number of amides is 1. The summed E-state index contributed by atoms with van der Waals surface area (Å²) in [6.45, 7) is 8.95. The second-order valence-electron chi connectivity index (χ2n) is 12.7. The molecular weight excluding hydrogens is 976 g/mol. The van der Waals surface area contributed by atoms with Crippen molar-refractivity contribution in [1.82, 2.24) is 10.6 Å². The molecular formula is C38H38Br4N4O9. The Labute approximate surface area is 351 Å². The zero-order valence-electron chi connectivity index (χ0n) is 30.2. The summed E-state index contributed by atoms with van der Waals surface area (Å²) in [7, 11) is 0. The number of carbonyl (C=O) groups excluding carboxylic acids is 1. The molecule has 1 heterocycles. The number of hydrogen-bond acceptors (Lipinski definition) is 8. The molecule has 0 aromatic heterocycles. The van der Waals surface area contributed by atoms with Crippen molar-refractivity contribution in [3.05, 3.63) is 143 Å². The Morgan fingerprint density at radius 2 is 1.25 bits per heavy atom. The molecule has 1 unspecified atom stereocenters. The molecule has 0 saturated heterocycles. The summed E-state index contributed by atoms with van der Waals surface area (Å²) in [6, 6.07) is 17.0. The van der Waals surface area contributed by atoms with E-state index in [0.29, 0.717) is 24.9 Å². The maximum atomic E-state index is 12.1. The van der Waals surface area contributed by atoms with Crippen LogP contribution in [0.5, 0.6) is 0 Å². The van der Waals surface area contributed by atoms with Crippen LogP contribution in [0.25, 0.3) is 0 Å². The second kappa shape index (κ2) is 20.8. The van der Waals surface area contributed by atoms with Gasteiger partial charge in [0.25, 0.3) is 11.4 Å². The van der Waals surface area contributed by atoms with Crippen LogP contribution < -0.4 is 10.6 Å². The Hall–Kier alpha value is -4.03. The largest absolute Gasteiger partial charge is 0.473 e. The maximum absolute atomic E-state index is 12.1. The van der Waals surface area contributed by atoms with E-state index in [1.165, 1.54) is 22.8 Å². The summed E-state index contributed by atoms with van der Waals surface area (Å²) in [5, 5.41) is 43.3. The number of carboxylic acid groups (broad SMARTS) is 2. The van der Waals surface area contributed by atoms with E-state index >= 15 is 0 Å². The van der Waals surface area contributed by atoms with Gasteiger partial charge >= 0.3 is 11.9 Å². The van der Waals surface area contributed by atoms with Crippen molar-refractivity contribution in [3.63, 3.8) is 0 Å². The lowest BCUT2D eigenvalue weighted by molar-refractivity contribution is -0.385. The van der Waals surface area contributed by atoms with E-state index in [1.54, 1.807) is 25.1 Å². The van der Waals surface area contributed by atoms with Crippen molar-refractivity contribution in [2.75, 3.05) is 13.1 Å². The van der Waals surface area contributed by atoms with Gasteiger partial charge in [0.05, 0.1) is 16.3 Å². The molecule has 1 aliphatic rings. The first-order valence-corrected chi connectivity index (χ1v) is 19.8. The molecule has 0 saturated carbocycles. The minimum atomic E-state index is -1.82. The molecule has 55 heavy (non-hydrogen) atoms. The molecule has 4 aromatic carbocycles. The van der Waals surface area contributed by atoms with E-state index in [9.17, 15) is 25.0 Å². The molecule has 1 aliphatic heterocycles. The summed E-state index contributed by atoms with van der Waals surface area (Å²) < 4.78 is 4.06. The second-order valence-corrected chi connectivity index (χ2v) is 16.1. The number of rotatable bonds is 9. The third kappa shape index (κ3) is 13.3. The number of carboxylic acids is 2. The Bertz CT molecular complexity index is 2070. The lowest BCUT2D eigenvalue weighted by Gasteiger charge is -2.27. The fraction of sp³-hybridized carbons (Fsp3) is 0.289. The van der Waals surface area contributed by atoms with Crippen molar-refractivity contribution < 1.29 is 34.4 Å². The number of aryl methyl sites for hydroxylation is 2. The van der Waals surface area contributed by atoms with Crippen LogP contribution in [0.1, 0.15) is 56.1 Å². The van der Waals surface area contributed by atoms with Gasteiger partial charge in [-0.1, -0.05) is 69.8 Å². The minimum absolute atomic E-state index is 0.0544. The molecule has 0 bridgehead atoms. The van der Waals surface area contributed by atoms with Crippen molar-refractivity contribution in [2.24, 2.45) is 0 Å². The van der Waals surface area contributed by atoms with E-state index in [4.69, 9.17) is 19.8 Å². The molecule has 4 aromatic rings. The number of carbonyl (C=O) groups is 3. The smallest absolute Gasteiger partial charge is 0.414 e. The van der Waals surface area contributed by atoms with Gasteiger partial charge in [-0.25, -0.2) is 9.59 Å². The first-order chi connectivity index (χ1) is 25.8. The molecule has 0 fully saturated rings. The molecule has 17 heteroatoms. The predicted octanol–water partition coefficient (Wildman–Crippen LogP) is 8.96. The van der Waals surface area contributed by atoms with Gasteiger partial charge in [0.1, 0.15) is 0 Å². The van der Waals surface area contributed by atoms with E-state index < -0.39 is 16.9 Å². The molecule has 13 nitrogen and oxygen atoms in total. The van der Waals surface area contributed by atoms with Crippen LogP contribution in [0.4, 0.5) is 11.4 Å². The fourth-order valence-corrected chi connectivity index (χ4v) is 8.27. The first-order valence-electron chi connectivity index (χ1n) is 16.7.